The van der Waals surface area contributed by atoms with E-state index in [1.165, 1.54) is 15.8 Å². The molecule has 0 fully saturated rings. The first-order valence-electron chi connectivity index (χ1n) is 6.24. The molecule has 0 radical (unpaired) electrons. The summed E-state index contributed by atoms with van der Waals surface area (Å²) in [6.07, 6.45) is 0. The minimum Gasteiger partial charge on any atom is -0.303 e. The molecule has 102 valence electrons. The molecule has 0 saturated carbocycles. The van der Waals surface area contributed by atoms with Crippen LogP contribution in [-0.2, 0) is 0 Å². The van der Waals surface area contributed by atoms with Crippen molar-refractivity contribution in [2.45, 2.75) is 32.9 Å². The number of hydrogen-bond acceptors (Lipinski definition) is 2. The Balaban J connectivity index is 2.07. The maximum Gasteiger partial charge on any atom is 0.137 e. The summed E-state index contributed by atoms with van der Waals surface area (Å²) >= 11 is 5.03. The molecule has 1 nitrogen and oxygen atoms in total. The van der Waals surface area contributed by atoms with Gasteiger partial charge in [-0.2, -0.15) is 0 Å². The molecule has 0 spiro atoms. The lowest BCUT2D eigenvalue weighted by Gasteiger charge is -2.20. The molecule has 2 aromatic rings. The van der Waals surface area contributed by atoms with Crippen LogP contribution in [0.5, 0.6) is 0 Å². The Morgan fingerprint density at radius 1 is 1.16 bits per heavy atom. The van der Waals surface area contributed by atoms with Gasteiger partial charge < -0.3 is 5.32 Å². The number of hydrogen-bond donors (Lipinski definition) is 1. The van der Waals surface area contributed by atoms with E-state index in [-0.39, 0.29) is 17.9 Å². The summed E-state index contributed by atoms with van der Waals surface area (Å²) < 4.78 is 13.7. The van der Waals surface area contributed by atoms with Crippen molar-refractivity contribution in [1.82, 2.24) is 5.32 Å². The van der Waals surface area contributed by atoms with Crippen LogP contribution in [0.3, 0.4) is 0 Å². The van der Waals surface area contributed by atoms with Crippen LogP contribution in [0.1, 0.15) is 41.2 Å². The molecule has 1 N–H and O–H groups in total. The highest BCUT2D eigenvalue weighted by Gasteiger charge is 2.13. The van der Waals surface area contributed by atoms with Crippen LogP contribution in [0.4, 0.5) is 4.39 Å². The largest absolute Gasteiger partial charge is 0.303 e. The fourth-order valence-electron chi connectivity index (χ4n) is 2.02. The normalized spacial score (nSPS) is 14.4. The lowest BCUT2D eigenvalue weighted by Crippen LogP contribution is -2.21. The lowest BCUT2D eigenvalue weighted by atomic mass is 10.1. The van der Waals surface area contributed by atoms with E-state index in [0.717, 1.165) is 5.56 Å². The highest BCUT2D eigenvalue weighted by molar-refractivity contribution is 9.10. The molecular weight excluding hydrogens is 325 g/mol. The standard InChI is InChI=1S/C15H17BrFNS/c1-9-4-7-15(19-9)11(3)18-10(2)12-5-6-14(17)13(16)8-12/h4-8,10-11,18H,1-3H3. The summed E-state index contributed by atoms with van der Waals surface area (Å²) in [5.41, 5.74) is 1.08. The summed E-state index contributed by atoms with van der Waals surface area (Å²) in [5.74, 6) is -0.224. The van der Waals surface area contributed by atoms with E-state index in [9.17, 15) is 4.39 Å². The van der Waals surface area contributed by atoms with E-state index in [4.69, 9.17) is 0 Å². The molecule has 2 rings (SSSR count). The Kier molecular flexibility index (Phi) is 4.76. The number of thiophene rings is 1. The van der Waals surface area contributed by atoms with Crippen molar-refractivity contribution in [3.05, 3.63) is 55.9 Å². The van der Waals surface area contributed by atoms with Gasteiger partial charge in [-0.05, 0) is 66.5 Å². The maximum atomic E-state index is 13.2. The van der Waals surface area contributed by atoms with Gasteiger partial charge in [0.2, 0.25) is 0 Å². The third-order valence-corrected chi connectivity index (χ3v) is 4.92. The Morgan fingerprint density at radius 2 is 1.89 bits per heavy atom. The molecule has 0 saturated heterocycles. The van der Waals surface area contributed by atoms with E-state index in [1.54, 1.807) is 11.3 Å². The first-order valence-corrected chi connectivity index (χ1v) is 7.85. The van der Waals surface area contributed by atoms with Crippen molar-refractivity contribution in [2.75, 3.05) is 0 Å². The predicted molar refractivity (Wildman–Crippen MR) is 83.1 cm³/mol. The van der Waals surface area contributed by atoms with Gasteiger partial charge in [-0.1, -0.05) is 6.07 Å². The van der Waals surface area contributed by atoms with Crippen molar-refractivity contribution in [3.63, 3.8) is 0 Å². The van der Waals surface area contributed by atoms with Crippen molar-refractivity contribution in [1.29, 1.82) is 0 Å². The zero-order valence-corrected chi connectivity index (χ0v) is 13.6. The van der Waals surface area contributed by atoms with Crippen LogP contribution in [0.2, 0.25) is 0 Å². The maximum absolute atomic E-state index is 13.2. The molecule has 0 bridgehead atoms. The van der Waals surface area contributed by atoms with Crippen LogP contribution in [0, 0.1) is 12.7 Å². The average Bonchev–Trinajstić information content (AvgIpc) is 2.79. The van der Waals surface area contributed by atoms with E-state index in [1.807, 2.05) is 12.1 Å². The van der Waals surface area contributed by atoms with Crippen molar-refractivity contribution in [3.8, 4) is 0 Å². The van der Waals surface area contributed by atoms with Gasteiger partial charge in [0.25, 0.3) is 0 Å². The fraction of sp³-hybridized carbons (Fsp3) is 0.333. The zero-order valence-electron chi connectivity index (χ0n) is 11.2. The number of benzene rings is 1. The van der Waals surface area contributed by atoms with Crippen molar-refractivity contribution in [2.24, 2.45) is 0 Å². The van der Waals surface area contributed by atoms with Crippen LogP contribution in [0.15, 0.2) is 34.8 Å². The smallest absolute Gasteiger partial charge is 0.137 e. The third kappa shape index (κ3) is 3.65. The van der Waals surface area contributed by atoms with Gasteiger partial charge in [0.05, 0.1) is 4.47 Å². The summed E-state index contributed by atoms with van der Waals surface area (Å²) in [4.78, 5) is 2.64. The molecule has 0 aliphatic carbocycles. The van der Waals surface area contributed by atoms with Crippen LogP contribution >= 0.6 is 27.3 Å². The van der Waals surface area contributed by atoms with Gasteiger partial charge in [0, 0.05) is 21.8 Å². The third-order valence-electron chi connectivity index (χ3n) is 3.13. The summed E-state index contributed by atoms with van der Waals surface area (Å²) in [6, 6.07) is 9.91. The number of rotatable bonds is 4. The quantitative estimate of drug-likeness (QED) is 0.788. The van der Waals surface area contributed by atoms with Gasteiger partial charge in [-0.15, -0.1) is 11.3 Å². The van der Waals surface area contributed by atoms with Crippen molar-refractivity contribution < 1.29 is 4.39 Å². The fourth-order valence-corrected chi connectivity index (χ4v) is 3.31. The first-order chi connectivity index (χ1) is 8.97. The molecule has 1 heterocycles. The van der Waals surface area contributed by atoms with Crippen molar-refractivity contribution >= 4 is 27.3 Å². The monoisotopic (exact) mass is 341 g/mol. The topological polar surface area (TPSA) is 12.0 Å². The molecule has 19 heavy (non-hydrogen) atoms. The average molecular weight is 342 g/mol. The SMILES string of the molecule is Cc1ccc(C(C)NC(C)c2ccc(F)c(Br)c2)s1. The molecule has 0 amide bonds. The second-order valence-corrected chi connectivity index (χ2v) is 6.91. The van der Waals surface area contributed by atoms with E-state index in [2.05, 4.69) is 54.2 Å². The highest BCUT2D eigenvalue weighted by Crippen LogP contribution is 2.26. The Morgan fingerprint density at radius 3 is 2.47 bits per heavy atom. The molecule has 1 aromatic carbocycles. The van der Waals surface area contributed by atoms with E-state index < -0.39 is 0 Å². The molecule has 0 aliphatic heterocycles. The molecular formula is C15H17BrFNS. The second kappa shape index (κ2) is 6.16. The Labute approximate surface area is 126 Å². The lowest BCUT2D eigenvalue weighted by molar-refractivity contribution is 0.499. The predicted octanol–water partition coefficient (Wildman–Crippen LogP) is 5.37. The first kappa shape index (κ1) is 14.7. The summed E-state index contributed by atoms with van der Waals surface area (Å²) in [5, 5.41) is 3.54. The number of nitrogens with one attached hydrogen (secondary N) is 1. The molecule has 4 heteroatoms. The van der Waals surface area contributed by atoms with Gasteiger partial charge in [-0.3, -0.25) is 0 Å². The minimum absolute atomic E-state index is 0.175. The van der Waals surface area contributed by atoms with Crippen LogP contribution in [0.25, 0.3) is 0 Å². The van der Waals surface area contributed by atoms with Gasteiger partial charge in [0.1, 0.15) is 5.82 Å². The highest BCUT2D eigenvalue weighted by atomic mass is 79.9. The van der Waals surface area contributed by atoms with Gasteiger partial charge in [0.15, 0.2) is 0 Å². The van der Waals surface area contributed by atoms with Gasteiger partial charge in [-0.25, -0.2) is 4.39 Å². The zero-order chi connectivity index (χ0) is 14.0. The number of aryl methyl sites for hydroxylation is 1. The Hall–Kier alpha value is -0.710. The van der Waals surface area contributed by atoms with E-state index >= 15 is 0 Å². The molecule has 1 aromatic heterocycles. The van der Waals surface area contributed by atoms with Gasteiger partial charge >= 0.3 is 0 Å². The van der Waals surface area contributed by atoms with E-state index in [0.29, 0.717) is 4.47 Å². The summed E-state index contributed by atoms with van der Waals surface area (Å²) in [7, 11) is 0. The molecule has 2 unspecified atom stereocenters. The minimum atomic E-state index is -0.224. The molecule has 0 aliphatic rings. The molecule has 2 atom stereocenters. The number of halogens is 2. The summed E-state index contributed by atoms with van der Waals surface area (Å²) in [6.45, 7) is 6.36. The van der Waals surface area contributed by atoms with Crippen LogP contribution < -0.4 is 5.32 Å². The van der Waals surface area contributed by atoms with Crippen LogP contribution in [-0.4, -0.2) is 0 Å². The Bertz CT molecular complexity index is 567. The second-order valence-electron chi connectivity index (χ2n) is 4.73.